The Balaban J connectivity index is 1.22. The first-order valence-corrected chi connectivity index (χ1v) is 15.8. The number of anilines is 1. The molecular formula is C36H42ClFN4O3. The lowest BCUT2D eigenvalue weighted by Gasteiger charge is -2.32. The quantitative estimate of drug-likeness (QED) is 0.198. The molecule has 1 aliphatic rings. The fourth-order valence-corrected chi connectivity index (χ4v) is 5.86. The van der Waals surface area contributed by atoms with Gasteiger partial charge in [-0.25, -0.2) is 4.39 Å². The number of nitrogens with zero attached hydrogens (tertiary/aromatic N) is 3. The zero-order chi connectivity index (χ0) is 32.4. The third-order valence-electron chi connectivity index (χ3n) is 7.86. The first kappa shape index (κ1) is 32.7. The number of halogens is 2. The van der Waals surface area contributed by atoms with Crippen LogP contribution in [-0.2, 0) is 18.5 Å². The molecule has 5 rings (SSSR count). The summed E-state index contributed by atoms with van der Waals surface area (Å²) in [6.07, 6.45) is 4.07. The minimum atomic E-state index is -0.742. The summed E-state index contributed by atoms with van der Waals surface area (Å²) in [6, 6.07) is 19.6. The largest absolute Gasteiger partial charge is 0.490 e. The lowest BCUT2D eigenvalue weighted by molar-refractivity contribution is 0.0808. The molecule has 0 saturated carbocycles. The van der Waals surface area contributed by atoms with Crippen molar-refractivity contribution in [2.75, 3.05) is 18.4 Å². The number of amides is 1. The number of aliphatic hydroxyl groups is 1. The van der Waals surface area contributed by atoms with Gasteiger partial charge in [0.05, 0.1) is 28.6 Å². The molecule has 0 radical (unpaired) electrons. The Morgan fingerprint density at radius 1 is 1.02 bits per heavy atom. The van der Waals surface area contributed by atoms with Crippen LogP contribution in [0, 0.1) is 5.82 Å². The van der Waals surface area contributed by atoms with Crippen LogP contribution in [0.3, 0.4) is 0 Å². The smallest absolute Gasteiger partial charge is 0.259 e. The van der Waals surface area contributed by atoms with Crippen LogP contribution in [0.4, 0.5) is 10.1 Å². The zero-order valence-electron chi connectivity index (χ0n) is 26.6. The second kappa shape index (κ2) is 13.3. The molecular weight excluding hydrogens is 591 g/mol. The van der Waals surface area contributed by atoms with Crippen molar-refractivity contribution in [3.63, 3.8) is 0 Å². The molecule has 0 spiro atoms. The van der Waals surface area contributed by atoms with Crippen LogP contribution in [0.5, 0.6) is 5.75 Å². The molecule has 1 saturated heterocycles. The van der Waals surface area contributed by atoms with Gasteiger partial charge in [0.15, 0.2) is 0 Å². The molecule has 0 bridgehead atoms. The molecule has 7 nitrogen and oxygen atoms in total. The molecule has 3 aromatic carbocycles. The first-order chi connectivity index (χ1) is 21.2. The third-order valence-corrected chi connectivity index (χ3v) is 8.23. The molecule has 0 atom stereocenters. The Morgan fingerprint density at radius 2 is 1.69 bits per heavy atom. The minimum absolute atomic E-state index is 0.131. The van der Waals surface area contributed by atoms with Crippen LogP contribution in [-0.4, -0.2) is 50.5 Å². The number of carbonyl (C=O) groups excluding carboxylic acids is 1. The zero-order valence-corrected chi connectivity index (χ0v) is 27.4. The summed E-state index contributed by atoms with van der Waals surface area (Å²) in [5, 5.41) is 18.2. The van der Waals surface area contributed by atoms with Gasteiger partial charge < -0.3 is 15.2 Å². The molecule has 1 aromatic heterocycles. The molecule has 2 N–H and O–H groups in total. The van der Waals surface area contributed by atoms with Crippen LogP contribution in [0.1, 0.15) is 68.9 Å². The van der Waals surface area contributed by atoms with E-state index in [1.165, 1.54) is 12.1 Å². The van der Waals surface area contributed by atoms with Gasteiger partial charge in [-0.1, -0.05) is 23.7 Å². The SMILES string of the molecule is CC(C)(O)Cc1ccc(OC2CCN(Cc3cc(NC(=O)c4cnn(C(C)(C)C)c4-c4ccc(F)cc4)ccc3Cl)CC2)cc1. The van der Waals surface area contributed by atoms with E-state index in [4.69, 9.17) is 16.3 Å². The van der Waals surface area contributed by atoms with E-state index in [0.29, 0.717) is 40.5 Å². The van der Waals surface area contributed by atoms with Crippen LogP contribution < -0.4 is 10.1 Å². The summed E-state index contributed by atoms with van der Waals surface area (Å²) in [4.78, 5) is 15.9. The summed E-state index contributed by atoms with van der Waals surface area (Å²) in [5.74, 6) is 0.199. The van der Waals surface area contributed by atoms with E-state index in [1.807, 2.05) is 57.2 Å². The van der Waals surface area contributed by atoms with Crippen LogP contribution >= 0.6 is 11.6 Å². The highest BCUT2D eigenvalue weighted by atomic mass is 35.5. The maximum atomic E-state index is 13.7. The molecule has 1 fully saturated rings. The van der Waals surface area contributed by atoms with Crippen LogP contribution in [0.2, 0.25) is 5.02 Å². The predicted molar refractivity (Wildman–Crippen MR) is 177 cm³/mol. The van der Waals surface area contributed by atoms with Crippen molar-refractivity contribution >= 4 is 23.2 Å². The van der Waals surface area contributed by atoms with Crippen molar-refractivity contribution < 1.29 is 19.0 Å². The standard InChI is InChI=1S/C36H42ClFN4O3/c1-35(2,3)42-33(25-8-10-27(38)11-9-25)31(22-39-42)34(43)40-28-12-15-32(37)26(20-28)23-41-18-16-30(17-19-41)45-29-13-6-24(7-14-29)21-36(4,5)44/h6-15,20,22,30,44H,16-19,21,23H2,1-5H3,(H,40,43). The van der Waals surface area contributed by atoms with Crippen molar-refractivity contribution in [3.8, 4) is 17.0 Å². The second-order valence-corrected chi connectivity index (χ2v) is 13.9. The van der Waals surface area contributed by atoms with E-state index in [-0.39, 0.29) is 17.8 Å². The molecule has 1 aliphatic heterocycles. The van der Waals surface area contributed by atoms with Gasteiger partial charge in [0, 0.05) is 42.3 Å². The Kier molecular flexibility index (Phi) is 9.68. The highest BCUT2D eigenvalue weighted by Gasteiger charge is 2.26. The number of ether oxygens (including phenoxy) is 1. The lowest BCUT2D eigenvalue weighted by atomic mass is 9.99. The van der Waals surface area contributed by atoms with Gasteiger partial charge >= 0.3 is 0 Å². The normalized spacial score (nSPS) is 14.8. The van der Waals surface area contributed by atoms with Crippen molar-refractivity contribution in [3.05, 3.63) is 100 Å². The van der Waals surface area contributed by atoms with Gasteiger partial charge in [0.25, 0.3) is 5.91 Å². The number of nitrogens with one attached hydrogen (secondary N) is 1. The van der Waals surface area contributed by atoms with Crippen molar-refractivity contribution in [2.45, 2.75) is 77.7 Å². The number of likely N-dealkylation sites (tertiary alicyclic amines) is 1. The van der Waals surface area contributed by atoms with E-state index in [1.54, 1.807) is 42.9 Å². The van der Waals surface area contributed by atoms with Gasteiger partial charge in [-0.2, -0.15) is 5.10 Å². The summed E-state index contributed by atoms with van der Waals surface area (Å²) >= 11 is 6.61. The van der Waals surface area contributed by atoms with Gasteiger partial charge in [0.2, 0.25) is 0 Å². The molecule has 9 heteroatoms. The average Bonchev–Trinajstić information content (AvgIpc) is 3.43. The van der Waals surface area contributed by atoms with Crippen LogP contribution in [0.15, 0.2) is 72.9 Å². The highest BCUT2D eigenvalue weighted by molar-refractivity contribution is 6.31. The number of hydrogen-bond acceptors (Lipinski definition) is 5. The summed E-state index contributed by atoms with van der Waals surface area (Å²) in [7, 11) is 0. The fraction of sp³-hybridized carbons (Fsp3) is 0.389. The molecule has 0 unspecified atom stereocenters. The van der Waals surface area contributed by atoms with E-state index in [0.717, 1.165) is 42.8 Å². The first-order valence-electron chi connectivity index (χ1n) is 15.4. The molecule has 1 amide bonds. The van der Waals surface area contributed by atoms with Gasteiger partial charge in [-0.05, 0) is 113 Å². The van der Waals surface area contributed by atoms with Gasteiger partial charge in [0.1, 0.15) is 17.7 Å². The number of aromatic nitrogens is 2. The summed E-state index contributed by atoms with van der Waals surface area (Å²) in [5.41, 5.74) is 3.25. The third kappa shape index (κ3) is 8.51. The van der Waals surface area contributed by atoms with Crippen molar-refractivity contribution in [1.29, 1.82) is 0 Å². The average molecular weight is 633 g/mol. The highest BCUT2D eigenvalue weighted by Crippen LogP contribution is 2.31. The molecule has 238 valence electrons. The van der Waals surface area contributed by atoms with Gasteiger partial charge in [-0.15, -0.1) is 0 Å². The second-order valence-electron chi connectivity index (χ2n) is 13.5. The molecule has 4 aromatic rings. The van der Waals surface area contributed by atoms with E-state index in [9.17, 15) is 14.3 Å². The van der Waals surface area contributed by atoms with Crippen molar-refractivity contribution in [2.24, 2.45) is 0 Å². The lowest BCUT2D eigenvalue weighted by Crippen LogP contribution is -2.37. The Morgan fingerprint density at radius 3 is 2.31 bits per heavy atom. The van der Waals surface area contributed by atoms with Gasteiger partial charge in [-0.3, -0.25) is 14.4 Å². The minimum Gasteiger partial charge on any atom is -0.490 e. The fourth-order valence-electron chi connectivity index (χ4n) is 5.68. The summed E-state index contributed by atoms with van der Waals surface area (Å²) < 4.78 is 21.7. The van der Waals surface area contributed by atoms with Crippen LogP contribution in [0.25, 0.3) is 11.3 Å². The number of benzene rings is 3. The number of rotatable bonds is 9. The predicted octanol–water partition coefficient (Wildman–Crippen LogP) is 7.71. The Hall–Kier alpha value is -3.72. The Labute approximate surface area is 270 Å². The number of carbonyl (C=O) groups is 1. The molecule has 2 heterocycles. The Bertz CT molecular complexity index is 1610. The summed E-state index contributed by atoms with van der Waals surface area (Å²) in [6.45, 7) is 12.0. The maximum absolute atomic E-state index is 13.7. The van der Waals surface area contributed by atoms with E-state index < -0.39 is 11.1 Å². The molecule has 0 aliphatic carbocycles. The molecule has 45 heavy (non-hydrogen) atoms. The monoisotopic (exact) mass is 632 g/mol. The number of piperidine rings is 1. The van der Waals surface area contributed by atoms with Crippen molar-refractivity contribution in [1.82, 2.24) is 14.7 Å². The van der Waals surface area contributed by atoms with E-state index in [2.05, 4.69) is 15.3 Å². The van der Waals surface area contributed by atoms with E-state index >= 15 is 0 Å². The maximum Gasteiger partial charge on any atom is 0.259 e. The topological polar surface area (TPSA) is 79.6 Å². The number of hydrogen-bond donors (Lipinski definition) is 2.